The lowest BCUT2D eigenvalue weighted by Crippen LogP contribution is -2.50. The number of aliphatic carboxylic acids is 1. The van der Waals surface area contributed by atoms with E-state index >= 15 is 0 Å². The standard InChI is InChI=1S/C17H30N2O4/c1-17(6-4-3-5-7-17)10-15(20)19-8-9-23-14(12-19)11-18(2)13-16(21)22/h14H,3-13H2,1-2H3,(H,21,22). The quantitative estimate of drug-likeness (QED) is 0.803. The summed E-state index contributed by atoms with van der Waals surface area (Å²) in [7, 11) is 1.77. The van der Waals surface area contributed by atoms with Gasteiger partial charge in [0.1, 0.15) is 0 Å². The first-order chi connectivity index (χ1) is 10.9. The van der Waals surface area contributed by atoms with Crippen molar-refractivity contribution in [2.45, 2.75) is 51.6 Å². The van der Waals surface area contributed by atoms with Crippen LogP contribution in [0.2, 0.25) is 0 Å². The van der Waals surface area contributed by atoms with E-state index in [0.29, 0.717) is 32.7 Å². The van der Waals surface area contributed by atoms with Gasteiger partial charge in [-0.25, -0.2) is 0 Å². The third-order valence-corrected chi connectivity index (χ3v) is 5.05. The van der Waals surface area contributed by atoms with Crippen molar-refractivity contribution in [1.82, 2.24) is 9.80 Å². The fraction of sp³-hybridized carbons (Fsp3) is 0.882. The van der Waals surface area contributed by atoms with Gasteiger partial charge in [0.15, 0.2) is 0 Å². The molecular weight excluding hydrogens is 296 g/mol. The molecule has 1 saturated carbocycles. The average Bonchev–Trinajstić information content (AvgIpc) is 2.46. The monoisotopic (exact) mass is 326 g/mol. The number of carbonyl (C=O) groups is 2. The van der Waals surface area contributed by atoms with Crippen LogP contribution in [0.15, 0.2) is 0 Å². The smallest absolute Gasteiger partial charge is 0.317 e. The van der Waals surface area contributed by atoms with Crippen LogP contribution in [0, 0.1) is 5.41 Å². The molecule has 6 nitrogen and oxygen atoms in total. The Morgan fingerprint density at radius 3 is 2.65 bits per heavy atom. The molecule has 1 aliphatic carbocycles. The predicted molar refractivity (Wildman–Crippen MR) is 87.3 cm³/mol. The number of ether oxygens (including phenoxy) is 1. The van der Waals surface area contributed by atoms with Gasteiger partial charge in [-0.3, -0.25) is 14.5 Å². The highest BCUT2D eigenvalue weighted by molar-refractivity contribution is 5.77. The number of hydrogen-bond donors (Lipinski definition) is 1. The van der Waals surface area contributed by atoms with Crippen molar-refractivity contribution in [2.24, 2.45) is 5.41 Å². The van der Waals surface area contributed by atoms with Gasteiger partial charge in [0.2, 0.25) is 5.91 Å². The van der Waals surface area contributed by atoms with Crippen LogP contribution < -0.4 is 0 Å². The average molecular weight is 326 g/mol. The molecule has 0 aromatic carbocycles. The van der Waals surface area contributed by atoms with Gasteiger partial charge in [-0.1, -0.05) is 26.2 Å². The lowest BCUT2D eigenvalue weighted by molar-refractivity contribution is -0.144. The molecule has 2 rings (SSSR count). The summed E-state index contributed by atoms with van der Waals surface area (Å²) < 4.78 is 5.70. The summed E-state index contributed by atoms with van der Waals surface area (Å²) in [6.07, 6.45) is 6.58. The Labute approximate surface area is 138 Å². The largest absolute Gasteiger partial charge is 0.480 e. The first-order valence-corrected chi connectivity index (χ1v) is 8.68. The van der Waals surface area contributed by atoms with E-state index in [-0.39, 0.29) is 24.0 Å². The summed E-state index contributed by atoms with van der Waals surface area (Å²) >= 11 is 0. The molecular formula is C17H30N2O4. The number of carboxylic acids is 1. The predicted octanol–water partition coefficient (Wildman–Crippen LogP) is 1.59. The molecule has 132 valence electrons. The first kappa shape index (κ1) is 18.2. The fourth-order valence-electron chi connectivity index (χ4n) is 3.76. The highest BCUT2D eigenvalue weighted by Crippen LogP contribution is 2.39. The summed E-state index contributed by atoms with van der Waals surface area (Å²) in [6.45, 7) is 4.52. The SMILES string of the molecule is CN(CC(=O)O)CC1CN(C(=O)CC2(C)CCCCC2)CCO1. The van der Waals surface area contributed by atoms with E-state index in [9.17, 15) is 9.59 Å². The Morgan fingerprint density at radius 2 is 2.00 bits per heavy atom. The molecule has 1 saturated heterocycles. The summed E-state index contributed by atoms with van der Waals surface area (Å²) in [5.74, 6) is -0.620. The highest BCUT2D eigenvalue weighted by Gasteiger charge is 2.33. The molecule has 1 heterocycles. The zero-order valence-electron chi connectivity index (χ0n) is 14.4. The maximum atomic E-state index is 12.6. The van der Waals surface area contributed by atoms with Crippen molar-refractivity contribution < 1.29 is 19.4 Å². The Kier molecular flexibility index (Phi) is 6.41. The molecule has 0 radical (unpaired) electrons. The van der Waals surface area contributed by atoms with Gasteiger partial charge >= 0.3 is 5.97 Å². The van der Waals surface area contributed by atoms with E-state index < -0.39 is 5.97 Å². The lowest BCUT2D eigenvalue weighted by Gasteiger charge is -2.38. The van der Waals surface area contributed by atoms with E-state index in [0.717, 1.165) is 12.8 Å². The number of likely N-dealkylation sites (N-methyl/N-ethyl adjacent to an activating group) is 1. The molecule has 0 aromatic rings. The molecule has 1 atom stereocenters. The maximum absolute atomic E-state index is 12.6. The second-order valence-corrected chi connectivity index (χ2v) is 7.47. The van der Waals surface area contributed by atoms with Gasteiger partial charge in [-0.2, -0.15) is 0 Å². The van der Waals surface area contributed by atoms with E-state index in [4.69, 9.17) is 9.84 Å². The first-order valence-electron chi connectivity index (χ1n) is 8.68. The number of nitrogens with zero attached hydrogens (tertiary/aromatic N) is 2. The molecule has 1 N–H and O–H groups in total. The Hall–Kier alpha value is -1.14. The van der Waals surface area contributed by atoms with E-state index in [1.165, 1.54) is 19.3 Å². The molecule has 1 amide bonds. The maximum Gasteiger partial charge on any atom is 0.317 e. The molecule has 0 bridgehead atoms. The topological polar surface area (TPSA) is 70.1 Å². The molecule has 2 fully saturated rings. The van der Waals surface area contributed by atoms with Crippen LogP contribution in [0.5, 0.6) is 0 Å². The van der Waals surface area contributed by atoms with Crippen molar-refractivity contribution >= 4 is 11.9 Å². The van der Waals surface area contributed by atoms with Gasteiger partial charge in [-0.05, 0) is 25.3 Å². The van der Waals surface area contributed by atoms with Crippen LogP contribution in [0.25, 0.3) is 0 Å². The van der Waals surface area contributed by atoms with Gasteiger partial charge in [0.25, 0.3) is 0 Å². The van der Waals surface area contributed by atoms with Crippen molar-refractivity contribution in [3.05, 3.63) is 0 Å². The minimum atomic E-state index is -0.846. The Bertz CT molecular complexity index is 421. The van der Waals surface area contributed by atoms with Crippen molar-refractivity contribution in [2.75, 3.05) is 39.8 Å². The van der Waals surface area contributed by atoms with Crippen LogP contribution >= 0.6 is 0 Å². The highest BCUT2D eigenvalue weighted by atomic mass is 16.5. The minimum Gasteiger partial charge on any atom is -0.480 e. The second-order valence-electron chi connectivity index (χ2n) is 7.47. The molecule has 1 unspecified atom stereocenters. The molecule has 0 aromatic heterocycles. The van der Waals surface area contributed by atoms with E-state index in [1.54, 1.807) is 11.9 Å². The third-order valence-electron chi connectivity index (χ3n) is 5.05. The van der Waals surface area contributed by atoms with Crippen molar-refractivity contribution in [1.29, 1.82) is 0 Å². The molecule has 2 aliphatic rings. The van der Waals surface area contributed by atoms with Crippen LogP contribution in [0.1, 0.15) is 45.4 Å². The summed E-state index contributed by atoms with van der Waals surface area (Å²) in [4.78, 5) is 27.0. The summed E-state index contributed by atoms with van der Waals surface area (Å²) in [6, 6.07) is 0. The number of hydrogen-bond acceptors (Lipinski definition) is 4. The summed E-state index contributed by atoms with van der Waals surface area (Å²) in [5, 5.41) is 8.82. The normalized spacial score (nSPS) is 24.7. The van der Waals surface area contributed by atoms with Crippen LogP contribution in [0.3, 0.4) is 0 Å². The molecule has 1 aliphatic heterocycles. The Morgan fingerprint density at radius 1 is 1.30 bits per heavy atom. The van der Waals surface area contributed by atoms with Gasteiger partial charge < -0.3 is 14.7 Å². The van der Waals surface area contributed by atoms with Crippen LogP contribution in [0.4, 0.5) is 0 Å². The van der Waals surface area contributed by atoms with Crippen molar-refractivity contribution in [3.63, 3.8) is 0 Å². The van der Waals surface area contributed by atoms with Crippen molar-refractivity contribution in [3.8, 4) is 0 Å². The van der Waals surface area contributed by atoms with Gasteiger partial charge in [0, 0.05) is 26.1 Å². The van der Waals surface area contributed by atoms with Crippen LogP contribution in [-0.4, -0.2) is 72.7 Å². The number of carbonyl (C=O) groups excluding carboxylic acids is 1. The van der Waals surface area contributed by atoms with E-state index in [1.807, 2.05) is 4.90 Å². The minimum absolute atomic E-state index is 0.00806. The lowest BCUT2D eigenvalue weighted by atomic mass is 9.73. The molecule has 23 heavy (non-hydrogen) atoms. The number of morpholine rings is 1. The number of rotatable bonds is 6. The third kappa shape index (κ3) is 5.77. The number of amides is 1. The van der Waals surface area contributed by atoms with Gasteiger partial charge in [-0.15, -0.1) is 0 Å². The number of carboxylic acid groups (broad SMARTS) is 1. The molecule has 6 heteroatoms. The zero-order chi connectivity index (χ0) is 16.9. The van der Waals surface area contributed by atoms with Crippen LogP contribution in [-0.2, 0) is 14.3 Å². The summed E-state index contributed by atoms with van der Waals surface area (Å²) in [5.41, 5.74) is 0.156. The van der Waals surface area contributed by atoms with Gasteiger partial charge in [0.05, 0.1) is 19.3 Å². The van der Waals surface area contributed by atoms with E-state index in [2.05, 4.69) is 6.92 Å². The second kappa shape index (κ2) is 8.11. The molecule has 0 spiro atoms. The fourth-order valence-corrected chi connectivity index (χ4v) is 3.76. The Balaban J connectivity index is 1.82. The zero-order valence-corrected chi connectivity index (χ0v) is 14.4.